The molecule has 1 N–H and O–H groups in total. The fourth-order valence-corrected chi connectivity index (χ4v) is 2.04. The predicted molar refractivity (Wildman–Crippen MR) is 49.5 cm³/mol. The van der Waals surface area contributed by atoms with Crippen LogP contribution < -0.4 is 5.32 Å². The third kappa shape index (κ3) is 1.41. The quantitative estimate of drug-likeness (QED) is 0.643. The maximum Gasteiger partial charge on any atom is 0.414 e. The molecule has 4 heteroatoms. The zero-order valence-corrected chi connectivity index (χ0v) is 8.08. The summed E-state index contributed by atoms with van der Waals surface area (Å²) in [7, 11) is 0. The summed E-state index contributed by atoms with van der Waals surface area (Å²) in [5.74, 6) is -0.298. The number of carbonyl (C=O) groups is 2. The highest BCUT2D eigenvalue weighted by Crippen LogP contribution is 2.38. The fourth-order valence-electron chi connectivity index (χ4n) is 2.04. The zero-order valence-electron chi connectivity index (χ0n) is 8.08. The van der Waals surface area contributed by atoms with Crippen molar-refractivity contribution in [3.63, 3.8) is 0 Å². The first kappa shape index (κ1) is 9.24. The molecule has 1 fully saturated rings. The van der Waals surface area contributed by atoms with Crippen molar-refractivity contribution in [3.8, 4) is 0 Å². The number of rotatable bonds is 1. The summed E-state index contributed by atoms with van der Waals surface area (Å²) < 4.78 is 4.98. The molecular weight excluding hydrogens is 182 g/mol. The topological polar surface area (TPSA) is 55.4 Å². The monoisotopic (exact) mass is 195 g/mol. The summed E-state index contributed by atoms with van der Waals surface area (Å²) in [4.78, 5) is 22.3. The highest BCUT2D eigenvalue weighted by atomic mass is 16.6. The van der Waals surface area contributed by atoms with Gasteiger partial charge in [-0.15, -0.1) is 0 Å². The Morgan fingerprint density at radius 3 is 2.79 bits per heavy atom. The molecule has 0 aromatic carbocycles. The van der Waals surface area contributed by atoms with Crippen LogP contribution in [-0.4, -0.2) is 18.1 Å². The molecule has 1 heterocycles. The molecule has 2 aliphatic rings. The normalized spacial score (nSPS) is 36.8. The first-order chi connectivity index (χ1) is 6.62. The van der Waals surface area contributed by atoms with Crippen LogP contribution in [0.25, 0.3) is 0 Å². The van der Waals surface area contributed by atoms with Gasteiger partial charge in [-0.05, 0) is 19.3 Å². The number of amides is 2. The molecule has 4 nitrogen and oxygen atoms in total. The van der Waals surface area contributed by atoms with E-state index in [4.69, 9.17) is 4.74 Å². The molecule has 1 aliphatic heterocycles. The van der Waals surface area contributed by atoms with Crippen LogP contribution in [0.2, 0.25) is 0 Å². The average Bonchev–Trinajstić information content (AvgIpc) is 2.47. The second-order valence-corrected chi connectivity index (χ2v) is 4.14. The molecule has 0 radical (unpaired) electrons. The predicted octanol–water partition coefficient (Wildman–Crippen LogP) is 1.37. The number of hydrogen-bond donors (Lipinski definition) is 1. The lowest BCUT2D eigenvalue weighted by atomic mass is 9.74. The second kappa shape index (κ2) is 3.12. The van der Waals surface area contributed by atoms with Gasteiger partial charge in [0.05, 0.1) is 0 Å². The van der Waals surface area contributed by atoms with Crippen LogP contribution in [0.5, 0.6) is 0 Å². The zero-order chi connectivity index (χ0) is 10.2. The third-order valence-corrected chi connectivity index (χ3v) is 2.95. The maximum absolute atomic E-state index is 11.4. The van der Waals surface area contributed by atoms with Gasteiger partial charge in [-0.1, -0.05) is 19.1 Å². The van der Waals surface area contributed by atoms with Crippen molar-refractivity contribution in [2.24, 2.45) is 5.41 Å². The summed E-state index contributed by atoms with van der Waals surface area (Å²) >= 11 is 0. The molecule has 1 saturated heterocycles. The number of cyclic esters (lactones) is 1. The van der Waals surface area contributed by atoms with Crippen LogP contribution >= 0.6 is 0 Å². The minimum Gasteiger partial charge on any atom is -0.435 e. The molecule has 14 heavy (non-hydrogen) atoms. The van der Waals surface area contributed by atoms with E-state index in [0.717, 1.165) is 19.3 Å². The van der Waals surface area contributed by atoms with Gasteiger partial charge in [0, 0.05) is 5.41 Å². The highest BCUT2D eigenvalue weighted by Gasteiger charge is 2.46. The van der Waals surface area contributed by atoms with Crippen LogP contribution in [0, 0.1) is 5.41 Å². The van der Waals surface area contributed by atoms with Gasteiger partial charge in [0.1, 0.15) is 0 Å². The van der Waals surface area contributed by atoms with E-state index in [1.807, 2.05) is 13.0 Å². The number of allylic oxidation sites excluding steroid dienone is 2. The summed E-state index contributed by atoms with van der Waals surface area (Å²) in [6, 6.07) is 0. The van der Waals surface area contributed by atoms with E-state index in [9.17, 15) is 9.59 Å². The lowest BCUT2D eigenvalue weighted by Gasteiger charge is -2.33. The number of ether oxygens (including phenoxy) is 1. The van der Waals surface area contributed by atoms with Gasteiger partial charge in [-0.3, -0.25) is 10.1 Å². The Kier molecular flexibility index (Phi) is 2.06. The minimum atomic E-state index is -0.615. The van der Waals surface area contributed by atoms with E-state index in [-0.39, 0.29) is 11.3 Å². The lowest BCUT2D eigenvalue weighted by molar-refractivity contribution is -0.128. The van der Waals surface area contributed by atoms with Crippen molar-refractivity contribution in [1.29, 1.82) is 0 Å². The molecule has 1 aliphatic carbocycles. The number of imide groups is 1. The van der Waals surface area contributed by atoms with Gasteiger partial charge in [-0.2, -0.15) is 0 Å². The van der Waals surface area contributed by atoms with Gasteiger partial charge < -0.3 is 4.74 Å². The Morgan fingerprint density at radius 1 is 1.50 bits per heavy atom. The summed E-state index contributed by atoms with van der Waals surface area (Å²) in [6.07, 6.45) is 5.53. The molecule has 0 bridgehead atoms. The van der Waals surface area contributed by atoms with Crippen LogP contribution in [0.1, 0.15) is 26.2 Å². The van der Waals surface area contributed by atoms with E-state index in [1.165, 1.54) is 0 Å². The molecule has 0 aromatic rings. The van der Waals surface area contributed by atoms with Crippen molar-refractivity contribution in [1.82, 2.24) is 5.32 Å². The Bertz CT molecular complexity index is 310. The molecule has 0 spiro atoms. The first-order valence-electron chi connectivity index (χ1n) is 4.78. The molecular formula is C10H13NO3. The van der Waals surface area contributed by atoms with Crippen molar-refractivity contribution in [2.45, 2.75) is 32.3 Å². The van der Waals surface area contributed by atoms with E-state index < -0.39 is 12.2 Å². The average molecular weight is 195 g/mol. The van der Waals surface area contributed by atoms with Crippen LogP contribution in [0.15, 0.2) is 12.2 Å². The van der Waals surface area contributed by atoms with E-state index in [1.54, 1.807) is 0 Å². The van der Waals surface area contributed by atoms with Crippen LogP contribution in [-0.2, 0) is 9.53 Å². The first-order valence-corrected chi connectivity index (χ1v) is 4.78. The third-order valence-electron chi connectivity index (χ3n) is 2.95. The maximum atomic E-state index is 11.4. The van der Waals surface area contributed by atoms with E-state index in [0.29, 0.717) is 0 Å². The SMILES string of the molecule is CC1(C2OC(=O)NC2=O)CC=CCC1. The Labute approximate surface area is 82.3 Å². The van der Waals surface area contributed by atoms with Gasteiger partial charge in [0.25, 0.3) is 5.91 Å². The Morgan fingerprint density at radius 2 is 2.29 bits per heavy atom. The van der Waals surface area contributed by atoms with Crippen molar-refractivity contribution < 1.29 is 14.3 Å². The molecule has 2 atom stereocenters. The smallest absolute Gasteiger partial charge is 0.414 e. The van der Waals surface area contributed by atoms with E-state index >= 15 is 0 Å². The molecule has 0 saturated carbocycles. The summed E-state index contributed by atoms with van der Waals surface area (Å²) in [5.41, 5.74) is -0.231. The van der Waals surface area contributed by atoms with Gasteiger partial charge in [0.15, 0.2) is 6.10 Å². The largest absolute Gasteiger partial charge is 0.435 e. The molecule has 0 aromatic heterocycles. The highest BCUT2D eigenvalue weighted by molar-refractivity contribution is 6.00. The summed E-state index contributed by atoms with van der Waals surface area (Å²) in [5, 5.41) is 2.17. The molecule has 2 unspecified atom stereocenters. The van der Waals surface area contributed by atoms with Crippen molar-refractivity contribution in [3.05, 3.63) is 12.2 Å². The number of alkyl carbamates (subject to hydrolysis) is 1. The Balaban J connectivity index is 2.17. The second-order valence-electron chi connectivity index (χ2n) is 4.14. The standard InChI is InChI=1S/C10H13NO3/c1-10(5-3-2-4-6-10)7-8(12)11-9(13)14-7/h2-3,7H,4-6H2,1H3,(H,11,12,13). The van der Waals surface area contributed by atoms with Gasteiger partial charge in [0.2, 0.25) is 0 Å². The number of nitrogens with one attached hydrogen (secondary N) is 1. The summed E-state index contributed by atoms with van der Waals surface area (Å²) in [6.45, 7) is 1.99. The van der Waals surface area contributed by atoms with Crippen molar-refractivity contribution in [2.75, 3.05) is 0 Å². The minimum absolute atomic E-state index is 0.231. The molecule has 76 valence electrons. The van der Waals surface area contributed by atoms with Crippen LogP contribution in [0.4, 0.5) is 4.79 Å². The van der Waals surface area contributed by atoms with Crippen LogP contribution in [0.3, 0.4) is 0 Å². The molecule has 2 rings (SSSR count). The number of carbonyl (C=O) groups excluding carboxylic acids is 2. The lowest BCUT2D eigenvalue weighted by Crippen LogP contribution is -2.39. The van der Waals surface area contributed by atoms with Gasteiger partial charge >= 0.3 is 6.09 Å². The van der Waals surface area contributed by atoms with E-state index in [2.05, 4.69) is 11.4 Å². The Hall–Kier alpha value is -1.32. The number of hydrogen-bond acceptors (Lipinski definition) is 3. The molecule has 2 amide bonds. The van der Waals surface area contributed by atoms with Crippen molar-refractivity contribution >= 4 is 12.0 Å². The van der Waals surface area contributed by atoms with Gasteiger partial charge in [-0.25, -0.2) is 4.79 Å². The fraction of sp³-hybridized carbons (Fsp3) is 0.600.